The standard InChI is InChI=1S/C27H32F2N6OS/c1-26(2,3)25-32-22(34-14-13-27(28,29)17-34)21(30)23(33-25)35(31)15-19-11-7-8-12-20(19)16-37-24(36)18-9-5-4-6-10-18/h4-12H,13-17,30-31H2,1-3H3. The van der Waals surface area contributed by atoms with E-state index in [1.807, 2.05) is 63.2 Å². The molecular weight excluding hydrogens is 494 g/mol. The minimum absolute atomic E-state index is 0.0121. The molecule has 0 atom stereocenters. The lowest BCUT2D eigenvalue weighted by Gasteiger charge is -2.28. The molecule has 0 radical (unpaired) electrons. The van der Waals surface area contributed by atoms with E-state index in [9.17, 15) is 13.6 Å². The van der Waals surface area contributed by atoms with Crippen LogP contribution < -0.4 is 21.5 Å². The first kappa shape index (κ1) is 26.8. The summed E-state index contributed by atoms with van der Waals surface area (Å²) >= 11 is 1.22. The van der Waals surface area contributed by atoms with Crippen molar-refractivity contribution in [2.45, 2.75) is 50.8 Å². The molecule has 4 rings (SSSR count). The van der Waals surface area contributed by atoms with E-state index in [4.69, 9.17) is 11.6 Å². The molecule has 4 N–H and O–H groups in total. The molecule has 1 aromatic heterocycles. The van der Waals surface area contributed by atoms with E-state index < -0.39 is 17.9 Å². The summed E-state index contributed by atoms with van der Waals surface area (Å²) in [6.07, 6.45) is -0.254. The van der Waals surface area contributed by atoms with Gasteiger partial charge in [0.2, 0.25) is 5.12 Å². The number of carbonyl (C=O) groups is 1. The average molecular weight is 527 g/mol. The Bertz CT molecular complexity index is 1270. The number of nitrogens with two attached hydrogens (primary N) is 2. The number of nitrogens with zero attached hydrogens (tertiary/aromatic N) is 4. The molecular formula is C27H32F2N6OS. The fourth-order valence-corrected chi connectivity index (χ4v) is 4.94. The molecule has 0 aliphatic carbocycles. The second kappa shape index (κ2) is 10.6. The number of anilines is 3. The van der Waals surface area contributed by atoms with Crippen molar-refractivity contribution < 1.29 is 13.6 Å². The van der Waals surface area contributed by atoms with Gasteiger partial charge in [0.25, 0.3) is 5.92 Å². The van der Waals surface area contributed by atoms with Crippen LogP contribution in [0.3, 0.4) is 0 Å². The van der Waals surface area contributed by atoms with Crippen LogP contribution in [0.4, 0.5) is 26.1 Å². The van der Waals surface area contributed by atoms with Gasteiger partial charge in [-0.15, -0.1) is 0 Å². The van der Waals surface area contributed by atoms with Gasteiger partial charge < -0.3 is 10.6 Å². The highest BCUT2D eigenvalue weighted by Crippen LogP contribution is 2.37. The van der Waals surface area contributed by atoms with Crippen LogP contribution in [0.2, 0.25) is 0 Å². The molecule has 7 nitrogen and oxygen atoms in total. The third-order valence-electron chi connectivity index (χ3n) is 6.14. The first-order valence-electron chi connectivity index (χ1n) is 12.1. The molecule has 2 aromatic carbocycles. The van der Waals surface area contributed by atoms with Crippen LogP contribution in [0.15, 0.2) is 54.6 Å². The number of carbonyl (C=O) groups excluding carboxylic acids is 1. The maximum atomic E-state index is 14.0. The molecule has 0 bridgehead atoms. The molecule has 0 unspecified atom stereocenters. The molecule has 0 amide bonds. The Hall–Kier alpha value is -3.24. The predicted octanol–water partition coefficient (Wildman–Crippen LogP) is 5.16. The van der Waals surface area contributed by atoms with Crippen LogP contribution in [0, 0.1) is 0 Å². The van der Waals surface area contributed by atoms with Gasteiger partial charge in [0.05, 0.1) is 13.1 Å². The van der Waals surface area contributed by atoms with Crippen molar-refractivity contribution in [2.75, 3.05) is 28.7 Å². The zero-order chi connectivity index (χ0) is 26.8. The van der Waals surface area contributed by atoms with Crippen LogP contribution in [-0.4, -0.2) is 34.1 Å². The molecule has 196 valence electrons. The summed E-state index contributed by atoms with van der Waals surface area (Å²) in [4.78, 5) is 23.3. The summed E-state index contributed by atoms with van der Waals surface area (Å²) < 4.78 is 28.0. The van der Waals surface area contributed by atoms with E-state index in [-0.39, 0.29) is 41.9 Å². The van der Waals surface area contributed by atoms with Crippen molar-refractivity contribution in [2.24, 2.45) is 5.84 Å². The normalized spacial score (nSPS) is 15.1. The molecule has 1 aliphatic heterocycles. The van der Waals surface area contributed by atoms with E-state index in [2.05, 4.69) is 9.97 Å². The van der Waals surface area contributed by atoms with Crippen LogP contribution in [-0.2, 0) is 17.7 Å². The molecule has 0 saturated carbocycles. The van der Waals surface area contributed by atoms with E-state index in [0.29, 0.717) is 17.1 Å². The zero-order valence-corrected chi connectivity index (χ0v) is 22.1. The lowest BCUT2D eigenvalue weighted by molar-refractivity contribution is 0.0256. The Kier molecular flexibility index (Phi) is 7.70. The predicted molar refractivity (Wildman–Crippen MR) is 146 cm³/mol. The van der Waals surface area contributed by atoms with Gasteiger partial charge in [0, 0.05) is 29.7 Å². The van der Waals surface area contributed by atoms with Gasteiger partial charge >= 0.3 is 0 Å². The molecule has 37 heavy (non-hydrogen) atoms. The van der Waals surface area contributed by atoms with Crippen LogP contribution in [0.1, 0.15) is 54.5 Å². The fourth-order valence-electron chi connectivity index (χ4n) is 4.07. The second-order valence-corrected chi connectivity index (χ2v) is 11.2. The SMILES string of the molecule is CC(C)(C)c1nc(N(N)Cc2ccccc2CSC(=O)c2ccccc2)c(N)c(N2CCC(F)(F)C2)n1. The number of alkyl halides is 2. The highest BCUT2D eigenvalue weighted by atomic mass is 32.2. The average Bonchev–Trinajstić information content (AvgIpc) is 3.22. The second-order valence-electron chi connectivity index (χ2n) is 10.2. The summed E-state index contributed by atoms with van der Waals surface area (Å²) in [5.41, 5.74) is 8.66. The largest absolute Gasteiger partial charge is 0.393 e. The third-order valence-corrected chi connectivity index (χ3v) is 7.10. The Morgan fingerprint density at radius 1 is 1.08 bits per heavy atom. The van der Waals surface area contributed by atoms with Gasteiger partial charge in [-0.2, -0.15) is 0 Å². The lowest BCUT2D eigenvalue weighted by atomic mass is 9.95. The van der Waals surface area contributed by atoms with Gasteiger partial charge in [-0.1, -0.05) is 87.1 Å². The number of rotatable bonds is 7. The number of hydrogen-bond acceptors (Lipinski definition) is 8. The van der Waals surface area contributed by atoms with Gasteiger partial charge in [-0.05, 0) is 11.1 Å². The van der Waals surface area contributed by atoms with Crippen molar-refractivity contribution in [3.63, 3.8) is 0 Å². The number of benzene rings is 2. The fraction of sp³-hybridized carbons (Fsp3) is 0.370. The van der Waals surface area contributed by atoms with Gasteiger partial charge in [0.15, 0.2) is 11.6 Å². The van der Waals surface area contributed by atoms with Gasteiger partial charge in [-0.3, -0.25) is 9.80 Å². The van der Waals surface area contributed by atoms with Crippen LogP contribution >= 0.6 is 11.8 Å². The zero-order valence-electron chi connectivity index (χ0n) is 21.2. The van der Waals surface area contributed by atoms with Crippen molar-refractivity contribution in [1.82, 2.24) is 9.97 Å². The lowest BCUT2D eigenvalue weighted by Crippen LogP contribution is -2.35. The van der Waals surface area contributed by atoms with Crippen LogP contribution in [0.5, 0.6) is 0 Å². The van der Waals surface area contributed by atoms with Crippen molar-refractivity contribution >= 4 is 34.2 Å². The minimum Gasteiger partial charge on any atom is -0.393 e. The summed E-state index contributed by atoms with van der Waals surface area (Å²) in [6.45, 7) is 5.80. The van der Waals surface area contributed by atoms with Crippen molar-refractivity contribution in [3.05, 3.63) is 77.1 Å². The first-order chi connectivity index (χ1) is 17.4. The molecule has 3 aromatic rings. The molecule has 0 spiro atoms. The number of hydrazine groups is 1. The van der Waals surface area contributed by atoms with Gasteiger partial charge in [-0.25, -0.2) is 24.6 Å². The highest BCUT2D eigenvalue weighted by Gasteiger charge is 2.40. The highest BCUT2D eigenvalue weighted by molar-refractivity contribution is 8.13. The Balaban J connectivity index is 1.59. The maximum absolute atomic E-state index is 14.0. The quantitative estimate of drug-likeness (QED) is 0.322. The Morgan fingerprint density at radius 2 is 1.73 bits per heavy atom. The summed E-state index contributed by atoms with van der Waals surface area (Å²) in [5, 5.41) is 1.41. The summed E-state index contributed by atoms with van der Waals surface area (Å²) in [7, 11) is 0. The Morgan fingerprint density at radius 3 is 2.35 bits per heavy atom. The third kappa shape index (κ3) is 6.37. The molecule has 10 heteroatoms. The first-order valence-corrected chi connectivity index (χ1v) is 13.0. The maximum Gasteiger partial charge on any atom is 0.266 e. The number of halogens is 2. The van der Waals surface area contributed by atoms with E-state index in [1.165, 1.54) is 21.7 Å². The number of thioether (sulfide) groups is 1. The monoisotopic (exact) mass is 526 g/mol. The van der Waals surface area contributed by atoms with Gasteiger partial charge in [0.1, 0.15) is 11.5 Å². The topological polar surface area (TPSA) is 101 Å². The Labute approximate surface area is 220 Å². The van der Waals surface area contributed by atoms with E-state index >= 15 is 0 Å². The number of aromatic nitrogens is 2. The van der Waals surface area contributed by atoms with E-state index in [0.717, 1.165) is 11.1 Å². The molecule has 1 aliphatic rings. The smallest absolute Gasteiger partial charge is 0.266 e. The summed E-state index contributed by atoms with van der Waals surface area (Å²) in [6, 6.07) is 16.8. The molecule has 1 fully saturated rings. The van der Waals surface area contributed by atoms with Crippen molar-refractivity contribution in [1.29, 1.82) is 0 Å². The number of nitrogen functional groups attached to an aromatic ring is 1. The molecule has 2 heterocycles. The summed E-state index contributed by atoms with van der Waals surface area (Å²) in [5.74, 6) is 5.20. The van der Waals surface area contributed by atoms with Crippen molar-refractivity contribution in [3.8, 4) is 0 Å². The van der Waals surface area contributed by atoms with Crippen LogP contribution in [0.25, 0.3) is 0 Å². The molecule has 1 saturated heterocycles. The number of hydrogen-bond donors (Lipinski definition) is 2. The minimum atomic E-state index is -2.80. The van der Waals surface area contributed by atoms with E-state index in [1.54, 1.807) is 12.1 Å².